The van der Waals surface area contributed by atoms with E-state index in [0.717, 1.165) is 12.8 Å². The van der Waals surface area contributed by atoms with Crippen LogP contribution >= 0.6 is 37.1 Å². The van der Waals surface area contributed by atoms with Crippen molar-refractivity contribution in [2.75, 3.05) is 19.8 Å². The van der Waals surface area contributed by atoms with Crippen LogP contribution in [-0.4, -0.2) is 53.4 Å². The van der Waals surface area contributed by atoms with E-state index in [-0.39, 0.29) is 28.1 Å². The minimum Gasteiger partial charge on any atom is -0.493 e. The Hall–Kier alpha value is -2.45. The fraction of sp³-hybridized carbons (Fsp3) is 0.680. The van der Waals surface area contributed by atoms with Crippen molar-refractivity contribution in [3.63, 3.8) is 0 Å². The van der Waals surface area contributed by atoms with E-state index >= 15 is 0 Å². The molecule has 2 aromatic rings. The molecule has 0 saturated heterocycles. The number of nitrogens with zero attached hydrogens (tertiary/aromatic N) is 4. The average Bonchev–Trinajstić information content (AvgIpc) is 3.27. The molecule has 0 aliphatic rings. The van der Waals surface area contributed by atoms with Crippen LogP contribution in [0, 0.1) is 10.8 Å². The van der Waals surface area contributed by atoms with Gasteiger partial charge in [0.25, 0.3) is 0 Å². The Morgan fingerprint density at radius 2 is 1.26 bits per heavy atom. The van der Waals surface area contributed by atoms with Crippen LogP contribution in [-0.2, 0) is 26.2 Å². The Morgan fingerprint density at radius 3 is 1.69 bits per heavy atom. The fourth-order valence-corrected chi connectivity index (χ4v) is 4.80. The minimum absolute atomic E-state index is 0.0201. The molecule has 0 fully saturated rings. The fourth-order valence-electron chi connectivity index (χ4n) is 4.16. The van der Waals surface area contributed by atoms with Gasteiger partial charge < -0.3 is 26.4 Å². The quantitative estimate of drug-likeness (QED) is 0.110. The number of thiol groups is 1. The molecule has 0 aliphatic carbocycles. The Balaban J connectivity index is 1.66. The summed E-state index contributed by atoms with van der Waals surface area (Å²) in [6, 6.07) is 0. The summed E-state index contributed by atoms with van der Waals surface area (Å²) in [5, 5.41) is 24.3. The molecule has 0 spiro atoms. The van der Waals surface area contributed by atoms with Gasteiger partial charge in [0.1, 0.15) is 0 Å². The van der Waals surface area contributed by atoms with Crippen molar-refractivity contribution in [3.8, 4) is 5.88 Å². The van der Waals surface area contributed by atoms with Gasteiger partial charge in [-0.2, -0.15) is 0 Å². The SMILES string of the molecule is CCn1cc(O)n(CC(C)(C)CCNC(=S)NCNC(=S)NCCC(C)(C)Cn2c(S)cn(CC)c2=O)c1=O. The summed E-state index contributed by atoms with van der Waals surface area (Å²) in [5.41, 5.74) is -0.611. The second kappa shape index (κ2) is 14.3. The predicted octanol–water partition coefficient (Wildman–Crippen LogP) is 2.07. The highest BCUT2D eigenvalue weighted by Gasteiger charge is 2.23. The van der Waals surface area contributed by atoms with E-state index in [1.165, 1.54) is 15.3 Å². The highest BCUT2D eigenvalue weighted by molar-refractivity contribution is 7.80. The number of nitrogens with one attached hydrogen (secondary N) is 4. The highest BCUT2D eigenvalue weighted by Crippen LogP contribution is 2.24. The zero-order valence-corrected chi connectivity index (χ0v) is 26.4. The van der Waals surface area contributed by atoms with Gasteiger partial charge in [-0.15, -0.1) is 12.6 Å². The Labute approximate surface area is 246 Å². The molecule has 2 aromatic heterocycles. The minimum atomic E-state index is -0.233. The molecule has 0 amide bonds. The third-order valence-electron chi connectivity index (χ3n) is 6.58. The standard InChI is InChI=1S/C25H44N8O3S3/c1-7-30-13-18(34)32(22(30)35)15-24(3,4)9-11-26-20(38)28-17-29-21(39)27-12-10-25(5,6)16-33-19(37)14-31(8-2)23(33)36/h13-14,34,37H,7-12,15-17H2,1-6H3,(H2,26,28,38)(H2,27,29,39). The number of aromatic nitrogens is 4. The first-order valence-corrected chi connectivity index (χ1v) is 14.5. The predicted molar refractivity (Wildman–Crippen MR) is 167 cm³/mol. The van der Waals surface area contributed by atoms with E-state index < -0.39 is 0 Å². The van der Waals surface area contributed by atoms with Crippen molar-refractivity contribution in [1.82, 2.24) is 39.5 Å². The largest absolute Gasteiger partial charge is 0.493 e. The molecule has 11 nitrogen and oxygen atoms in total. The zero-order valence-electron chi connectivity index (χ0n) is 23.8. The van der Waals surface area contributed by atoms with Crippen LogP contribution in [0.4, 0.5) is 0 Å². The first kappa shape index (κ1) is 32.8. The van der Waals surface area contributed by atoms with Crippen LogP contribution in [0.3, 0.4) is 0 Å². The summed E-state index contributed by atoms with van der Waals surface area (Å²) in [6.07, 6.45) is 4.79. The van der Waals surface area contributed by atoms with Gasteiger partial charge in [0.2, 0.25) is 5.88 Å². The summed E-state index contributed by atoms with van der Waals surface area (Å²) in [7, 11) is 0. The molecule has 0 aromatic carbocycles. The van der Waals surface area contributed by atoms with Crippen LogP contribution in [0.15, 0.2) is 27.0 Å². The third-order valence-corrected chi connectivity index (χ3v) is 7.51. The van der Waals surface area contributed by atoms with E-state index in [1.807, 2.05) is 27.7 Å². The van der Waals surface area contributed by atoms with E-state index in [1.54, 1.807) is 15.3 Å². The molecule has 0 saturated carbocycles. The summed E-state index contributed by atoms with van der Waals surface area (Å²) in [5.74, 6) is -0.0201. The number of hydrogen-bond donors (Lipinski definition) is 6. The van der Waals surface area contributed by atoms with Crippen LogP contribution in [0.1, 0.15) is 54.4 Å². The topological polar surface area (TPSA) is 122 Å². The van der Waals surface area contributed by atoms with Crippen molar-refractivity contribution in [2.24, 2.45) is 10.8 Å². The zero-order chi connectivity index (χ0) is 29.4. The second-order valence-corrected chi connectivity index (χ2v) is 12.4. The maximum Gasteiger partial charge on any atom is 0.331 e. The number of thiocarbonyl (C=S) groups is 2. The Kier molecular flexibility index (Phi) is 12.0. The first-order valence-electron chi connectivity index (χ1n) is 13.2. The number of hydrogen-bond acceptors (Lipinski definition) is 6. The number of rotatable bonds is 14. The molecule has 0 bridgehead atoms. The van der Waals surface area contributed by atoms with Gasteiger partial charge in [-0.05, 0) is 62.0 Å². The molecule has 5 N–H and O–H groups in total. The van der Waals surface area contributed by atoms with E-state index in [4.69, 9.17) is 24.4 Å². The molecular weight excluding hydrogens is 557 g/mol. The first-order chi connectivity index (χ1) is 18.2. The van der Waals surface area contributed by atoms with Crippen LogP contribution in [0.2, 0.25) is 0 Å². The molecule has 220 valence electrons. The molecule has 0 unspecified atom stereocenters. The average molecular weight is 601 g/mol. The van der Waals surface area contributed by atoms with Gasteiger partial charge in [-0.25, -0.2) is 9.59 Å². The van der Waals surface area contributed by atoms with Crippen LogP contribution in [0.25, 0.3) is 0 Å². The van der Waals surface area contributed by atoms with E-state index in [0.29, 0.717) is 61.2 Å². The lowest BCUT2D eigenvalue weighted by Crippen LogP contribution is -2.46. The van der Waals surface area contributed by atoms with Crippen molar-refractivity contribution in [2.45, 2.75) is 85.6 Å². The van der Waals surface area contributed by atoms with Crippen molar-refractivity contribution < 1.29 is 5.11 Å². The Bertz CT molecular complexity index is 1150. The van der Waals surface area contributed by atoms with Gasteiger partial charge in [0, 0.05) is 45.5 Å². The lowest BCUT2D eigenvalue weighted by Gasteiger charge is -2.26. The number of imidazole rings is 2. The molecule has 0 atom stereocenters. The maximum absolute atomic E-state index is 12.5. The maximum atomic E-state index is 12.5. The second-order valence-electron chi connectivity index (χ2n) is 11.2. The molecule has 0 radical (unpaired) electrons. The van der Waals surface area contributed by atoms with Crippen LogP contribution in [0.5, 0.6) is 5.88 Å². The van der Waals surface area contributed by atoms with Crippen molar-refractivity contribution >= 4 is 47.3 Å². The number of aryl methyl sites for hydroxylation is 2. The normalized spacial score (nSPS) is 11.9. The molecule has 2 rings (SSSR count). The number of aromatic hydroxyl groups is 1. The molecule has 0 aliphatic heterocycles. The third kappa shape index (κ3) is 9.91. The highest BCUT2D eigenvalue weighted by atomic mass is 32.1. The van der Waals surface area contributed by atoms with E-state index in [9.17, 15) is 14.7 Å². The summed E-state index contributed by atoms with van der Waals surface area (Å²) in [6.45, 7) is 15.9. The van der Waals surface area contributed by atoms with Gasteiger partial charge in [-0.3, -0.25) is 18.3 Å². The summed E-state index contributed by atoms with van der Waals surface area (Å²) < 4.78 is 6.25. The summed E-state index contributed by atoms with van der Waals surface area (Å²) in [4.78, 5) is 24.8. The summed E-state index contributed by atoms with van der Waals surface area (Å²) >= 11 is 15.2. The van der Waals surface area contributed by atoms with Crippen molar-refractivity contribution in [3.05, 3.63) is 33.4 Å². The van der Waals surface area contributed by atoms with Crippen LogP contribution < -0.4 is 32.6 Å². The van der Waals surface area contributed by atoms with Gasteiger partial charge in [0.05, 0.1) is 17.9 Å². The van der Waals surface area contributed by atoms with Gasteiger partial charge in [0.15, 0.2) is 10.2 Å². The monoisotopic (exact) mass is 600 g/mol. The molecule has 14 heteroatoms. The van der Waals surface area contributed by atoms with E-state index in [2.05, 4.69) is 47.7 Å². The molecule has 39 heavy (non-hydrogen) atoms. The van der Waals surface area contributed by atoms with Gasteiger partial charge >= 0.3 is 11.4 Å². The Morgan fingerprint density at radius 1 is 0.821 bits per heavy atom. The molecule has 2 heterocycles. The van der Waals surface area contributed by atoms with Crippen molar-refractivity contribution in [1.29, 1.82) is 0 Å². The van der Waals surface area contributed by atoms with Gasteiger partial charge in [-0.1, -0.05) is 27.7 Å². The smallest absolute Gasteiger partial charge is 0.331 e. The lowest BCUT2D eigenvalue weighted by molar-refractivity contribution is 0.261. The molecular formula is C25H44N8O3S3. The lowest BCUT2D eigenvalue weighted by atomic mass is 9.89.